The first-order chi connectivity index (χ1) is 8.99. The molecule has 1 aromatic heterocycles. The average Bonchev–Trinajstić information content (AvgIpc) is 2.97. The summed E-state index contributed by atoms with van der Waals surface area (Å²) in [7, 11) is 1.80. The zero-order chi connectivity index (χ0) is 14.0. The van der Waals surface area contributed by atoms with Gasteiger partial charge in [-0.15, -0.1) is 0 Å². The number of hydrogen-bond acceptors (Lipinski definition) is 2. The highest BCUT2D eigenvalue weighted by Crippen LogP contribution is 2.14. The molecule has 0 radical (unpaired) electrons. The van der Waals surface area contributed by atoms with Gasteiger partial charge in [0.05, 0.1) is 0 Å². The maximum absolute atomic E-state index is 12.1. The topological polar surface area (TPSA) is 54.3 Å². The summed E-state index contributed by atoms with van der Waals surface area (Å²) in [6, 6.07) is 1.25. The molecule has 0 aromatic carbocycles. The van der Waals surface area contributed by atoms with Crippen LogP contribution in [0, 0.1) is 0 Å². The predicted molar refractivity (Wildman–Crippen MR) is 75.9 cm³/mol. The van der Waals surface area contributed by atoms with E-state index in [0.717, 1.165) is 30.4 Å². The first-order valence-corrected chi connectivity index (χ1v) is 7.20. The van der Waals surface area contributed by atoms with Crippen LogP contribution in [0.5, 0.6) is 0 Å². The Bertz CT molecular complexity index is 492. The van der Waals surface area contributed by atoms with Crippen molar-refractivity contribution < 1.29 is 9.59 Å². The Kier molecular flexibility index (Phi) is 4.29. The monoisotopic (exact) mass is 327 g/mol. The molecule has 2 amide bonds. The fourth-order valence-electron chi connectivity index (χ4n) is 2.29. The molecule has 5 nitrogen and oxygen atoms in total. The minimum atomic E-state index is -0.487. The Morgan fingerprint density at radius 1 is 1.37 bits per heavy atom. The minimum Gasteiger partial charge on any atom is -0.345 e. The van der Waals surface area contributed by atoms with E-state index < -0.39 is 6.04 Å². The number of hydrogen-bond donors (Lipinski definition) is 1. The molecule has 1 N–H and O–H groups in total. The van der Waals surface area contributed by atoms with Crippen molar-refractivity contribution in [3.8, 4) is 0 Å². The summed E-state index contributed by atoms with van der Waals surface area (Å²) in [5.74, 6) is -0.229. The average molecular weight is 328 g/mol. The van der Waals surface area contributed by atoms with Gasteiger partial charge in [0.15, 0.2) is 0 Å². The lowest BCUT2D eigenvalue weighted by Crippen LogP contribution is -2.46. The van der Waals surface area contributed by atoms with Crippen LogP contribution in [-0.2, 0) is 11.8 Å². The summed E-state index contributed by atoms with van der Waals surface area (Å²) in [4.78, 5) is 26.0. The summed E-state index contributed by atoms with van der Waals surface area (Å²) in [6.45, 7) is 3.33. The van der Waals surface area contributed by atoms with Crippen LogP contribution in [0.2, 0.25) is 0 Å². The van der Waals surface area contributed by atoms with Crippen LogP contribution in [0.15, 0.2) is 16.7 Å². The molecule has 6 heteroatoms. The van der Waals surface area contributed by atoms with E-state index in [2.05, 4.69) is 21.2 Å². The van der Waals surface area contributed by atoms with E-state index in [4.69, 9.17) is 0 Å². The van der Waals surface area contributed by atoms with Gasteiger partial charge in [-0.05, 0) is 41.8 Å². The van der Waals surface area contributed by atoms with Gasteiger partial charge in [-0.3, -0.25) is 9.59 Å². The van der Waals surface area contributed by atoms with Gasteiger partial charge in [0, 0.05) is 30.8 Å². The summed E-state index contributed by atoms with van der Waals surface area (Å²) in [6.07, 6.45) is 3.91. The molecule has 19 heavy (non-hydrogen) atoms. The van der Waals surface area contributed by atoms with Gasteiger partial charge in [0.1, 0.15) is 11.7 Å². The van der Waals surface area contributed by atoms with E-state index in [1.165, 1.54) is 0 Å². The normalized spacial score (nSPS) is 16.5. The molecule has 2 heterocycles. The Balaban J connectivity index is 1.98. The van der Waals surface area contributed by atoms with E-state index in [1.807, 2.05) is 11.1 Å². The summed E-state index contributed by atoms with van der Waals surface area (Å²) >= 11 is 3.32. The van der Waals surface area contributed by atoms with Gasteiger partial charge in [0.2, 0.25) is 5.91 Å². The molecule has 104 valence electrons. The molecule has 1 aromatic rings. The van der Waals surface area contributed by atoms with Gasteiger partial charge in [0.25, 0.3) is 5.91 Å². The van der Waals surface area contributed by atoms with Crippen LogP contribution in [0.3, 0.4) is 0 Å². The third kappa shape index (κ3) is 3.18. The lowest BCUT2D eigenvalue weighted by molar-refractivity contribution is -0.131. The second kappa shape index (κ2) is 5.77. The molecule has 2 rings (SSSR count). The highest BCUT2D eigenvalue weighted by molar-refractivity contribution is 9.10. The lowest BCUT2D eigenvalue weighted by Gasteiger charge is -2.21. The second-order valence-electron chi connectivity index (χ2n) is 4.88. The van der Waals surface area contributed by atoms with Crippen LogP contribution in [-0.4, -0.2) is 40.4 Å². The smallest absolute Gasteiger partial charge is 0.268 e. The van der Waals surface area contributed by atoms with Gasteiger partial charge < -0.3 is 14.8 Å². The molecule has 1 saturated heterocycles. The molecule has 1 unspecified atom stereocenters. The van der Waals surface area contributed by atoms with Crippen molar-refractivity contribution in [3.05, 3.63) is 22.4 Å². The number of rotatable bonds is 3. The van der Waals surface area contributed by atoms with E-state index in [9.17, 15) is 9.59 Å². The Labute approximate surface area is 121 Å². The molecule has 1 fully saturated rings. The van der Waals surface area contributed by atoms with Crippen molar-refractivity contribution in [1.29, 1.82) is 0 Å². The highest BCUT2D eigenvalue weighted by Gasteiger charge is 2.25. The van der Waals surface area contributed by atoms with Crippen molar-refractivity contribution in [1.82, 2.24) is 14.8 Å². The number of carbonyl (C=O) groups is 2. The van der Waals surface area contributed by atoms with Gasteiger partial charge in [-0.25, -0.2) is 0 Å². The molecule has 1 aliphatic rings. The van der Waals surface area contributed by atoms with Crippen molar-refractivity contribution in [2.24, 2.45) is 7.05 Å². The lowest BCUT2D eigenvalue weighted by atomic mass is 10.2. The fraction of sp³-hybridized carbons (Fsp3) is 0.538. The highest BCUT2D eigenvalue weighted by atomic mass is 79.9. The van der Waals surface area contributed by atoms with E-state index >= 15 is 0 Å². The van der Waals surface area contributed by atoms with Gasteiger partial charge in [-0.1, -0.05) is 0 Å². The number of aryl methyl sites for hydroxylation is 1. The number of carbonyl (C=O) groups excluding carboxylic acids is 2. The maximum atomic E-state index is 12.1. The van der Waals surface area contributed by atoms with Crippen molar-refractivity contribution in [2.75, 3.05) is 13.1 Å². The molecular formula is C13H18BrN3O2. The van der Waals surface area contributed by atoms with Crippen molar-refractivity contribution >= 4 is 27.7 Å². The Morgan fingerprint density at radius 3 is 2.53 bits per heavy atom. The first kappa shape index (κ1) is 14.1. The van der Waals surface area contributed by atoms with Crippen molar-refractivity contribution in [2.45, 2.75) is 25.8 Å². The number of amides is 2. The second-order valence-corrected chi connectivity index (χ2v) is 5.80. The Morgan fingerprint density at radius 2 is 2.00 bits per heavy atom. The molecular weight excluding hydrogens is 310 g/mol. The SMILES string of the molecule is CC(NC(=O)c1cc(Br)cn1C)C(=O)N1CCCC1. The fourth-order valence-corrected chi connectivity index (χ4v) is 2.82. The number of halogens is 1. The van der Waals surface area contributed by atoms with Gasteiger partial charge in [-0.2, -0.15) is 0 Å². The molecule has 0 bridgehead atoms. The van der Waals surface area contributed by atoms with Crippen molar-refractivity contribution in [3.63, 3.8) is 0 Å². The van der Waals surface area contributed by atoms with E-state index in [0.29, 0.717) is 5.69 Å². The van der Waals surface area contributed by atoms with Gasteiger partial charge >= 0.3 is 0 Å². The van der Waals surface area contributed by atoms with E-state index in [1.54, 1.807) is 24.6 Å². The Hall–Kier alpha value is -1.30. The van der Waals surface area contributed by atoms with Crippen LogP contribution < -0.4 is 5.32 Å². The maximum Gasteiger partial charge on any atom is 0.268 e. The zero-order valence-electron chi connectivity index (χ0n) is 11.1. The first-order valence-electron chi connectivity index (χ1n) is 6.40. The van der Waals surface area contributed by atoms with Crippen LogP contribution in [0.4, 0.5) is 0 Å². The number of nitrogens with one attached hydrogen (secondary N) is 1. The molecule has 0 aliphatic carbocycles. The number of aromatic nitrogens is 1. The zero-order valence-corrected chi connectivity index (χ0v) is 12.7. The molecule has 1 aliphatic heterocycles. The standard InChI is InChI=1S/C13H18BrN3O2/c1-9(13(19)17-5-3-4-6-17)15-12(18)11-7-10(14)8-16(11)2/h7-9H,3-6H2,1-2H3,(H,15,18). The molecule has 0 spiro atoms. The predicted octanol–water partition coefficient (Wildman–Crippen LogP) is 1.53. The summed E-state index contributed by atoms with van der Waals surface area (Å²) in [5.41, 5.74) is 0.535. The summed E-state index contributed by atoms with van der Waals surface area (Å²) in [5, 5.41) is 2.76. The third-order valence-electron chi connectivity index (χ3n) is 3.34. The minimum absolute atomic E-state index is 0.000810. The number of nitrogens with zero attached hydrogens (tertiary/aromatic N) is 2. The quantitative estimate of drug-likeness (QED) is 0.915. The largest absolute Gasteiger partial charge is 0.345 e. The number of likely N-dealkylation sites (tertiary alicyclic amines) is 1. The van der Waals surface area contributed by atoms with E-state index in [-0.39, 0.29) is 11.8 Å². The van der Waals surface area contributed by atoms with Crippen LogP contribution in [0.1, 0.15) is 30.3 Å². The molecule has 1 atom stereocenters. The van der Waals surface area contributed by atoms with Crippen LogP contribution >= 0.6 is 15.9 Å². The third-order valence-corrected chi connectivity index (χ3v) is 3.77. The van der Waals surface area contributed by atoms with Crippen LogP contribution in [0.25, 0.3) is 0 Å². The summed E-state index contributed by atoms with van der Waals surface area (Å²) < 4.78 is 2.57. The molecule has 0 saturated carbocycles.